The molecule has 0 unspecified atom stereocenters. The maximum absolute atomic E-state index is 11.3. The van der Waals surface area contributed by atoms with E-state index in [0.717, 1.165) is 0 Å². The summed E-state index contributed by atoms with van der Waals surface area (Å²) in [7, 11) is 0. The maximum Gasteiger partial charge on any atom is 0.186 e. The molecule has 26 heavy (non-hydrogen) atoms. The van der Waals surface area contributed by atoms with Crippen LogP contribution in [0.4, 0.5) is 0 Å². The number of allylic oxidation sites excluding steroid dienone is 2. The monoisotopic (exact) mass is 372 g/mol. The van der Waals surface area contributed by atoms with Gasteiger partial charge in [0.2, 0.25) is 0 Å². The van der Waals surface area contributed by atoms with Gasteiger partial charge in [0.05, 0.1) is 12.7 Å². The molecule has 0 spiro atoms. The quantitative estimate of drug-likeness (QED) is 0.516. The van der Waals surface area contributed by atoms with Gasteiger partial charge in [-0.05, 0) is 43.1 Å². The Morgan fingerprint density at radius 2 is 1.88 bits per heavy atom. The van der Waals surface area contributed by atoms with Gasteiger partial charge < -0.3 is 29.9 Å². The van der Waals surface area contributed by atoms with E-state index in [4.69, 9.17) is 9.47 Å². The Hall–Kier alpha value is -0.830. The molecule has 1 saturated carbocycles. The summed E-state index contributed by atoms with van der Waals surface area (Å²) in [6.45, 7) is 7.37. The number of ether oxygens (including phenoxy) is 2. The molecule has 7 nitrogen and oxygen atoms in total. The summed E-state index contributed by atoms with van der Waals surface area (Å²) >= 11 is 0. The minimum Gasteiger partial charge on any atom is -0.394 e. The standard InChI is InChI=1S/C19H32O7/c1-10-7-12(8-19(3,4)13(10)6-5-11(2)21)25-18-17(24)16(23)15(22)14(9-20)26-18/h5-6,10,12-18,20,22-24H,7-9H2,1-4H3/b6-5+/t10-,12+,13+,14+,15+,16-,17+,18+/m0/s1. The van der Waals surface area contributed by atoms with Crippen LogP contribution in [-0.2, 0) is 14.3 Å². The molecule has 2 rings (SSSR count). The molecule has 0 aromatic rings. The Labute approximate surface area is 154 Å². The van der Waals surface area contributed by atoms with E-state index < -0.39 is 37.3 Å². The third kappa shape index (κ3) is 4.71. The average Bonchev–Trinajstić information content (AvgIpc) is 2.53. The average molecular weight is 372 g/mol. The van der Waals surface area contributed by atoms with E-state index in [1.54, 1.807) is 6.08 Å². The molecule has 0 bridgehead atoms. The highest BCUT2D eigenvalue weighted by atomic mass is 16.7. The van der Waals surface area contributed by atoms with Gasteiger partial charge in [-0.2, -0.15) is 0 Å². The molecule has 0 radical (unpaired) electrons. The fourth-order valence-corrected chi connectivity index (χ4v) is 4.30. The second-order valence-electron chi connectivity index (χ2n) is 8.36. The molecular formula is C19H32O7. The van der Waals surface area contributed by atoms with E-state index in [1.165, 1.54) is 6.92 Å². The summed E-state index contributed by atoms with van der Waals surface area (Å²) in [6.07, 6.45) is -1.51. The van der Waals surface area contributed by atoms with Gasteiger partial charge in [-0.25, -0.2) is 0 Å². The van der Waals surface area contributed by atoms with Gasteiger partial charge in [0, 0.05) is 0 Å². The molecule has 1 saturated heterocycles. The molecule has 8 atom stereocenters. The lowest BCUT2D eigenvalue weighted by atomic mass is 9.63. The van der Waals surface area contributed by atoms with Crippen LogP contribution in [0.5, 0.6) is 0 Å². The van der Waals surface area contributed by atoms with Crippen LogP contribution in [0.2, 0.25) is 0 Å². The normalized spacial score (nSPS) is 43.5. The van der Waals surface area contributed by atoms with Crippen molar-refractivity contribution in [2.24, 2.45) is 17.3 Å². The smallest absolute Gasteiger partial charge is 0.186 e. The van der Waals surface area contributed by atoms with E-state index in [9.17, 15) is 25.2 Å². The minimum atomic E-state index is -1.44. The highest BCUT2D eigenvalue weighted by molar-refractivity contribution is 5.87. The van der Waals surface area contributed by atoms with Crippen LogP contribution < -0.4 is 0 Å². The first-order valence-corrected chi connectivity index (χ1v) is 9.21. The molecule has 4 N–H and O–H groups in total. The van der Waals surface area contributed by atoms with Crippen molar-refractivity contribution in [1.29, 1.82) is 0 Å². The summed E-state index contributed by atoms with van der Waals surface area (Å²) in [5, 5.41) is 39.2. The number of rotatable bonds is 5. The minimum absolute atomic E-state index is 0.0210. The summed E-state index contributed by atoms with van der Waals surface area (Å²) in [5.74, 6) is 0.498. The number of aliphatic hydroxyl groups is 4. The second-order valence-corrected chi connectivity index (χ2v) is 8.36. The number of carbonyl (C=O) groups excluding carboxylic acids is 1. The number of aliphatic hydroxyl groups excluding tert-OH is 4. The van der Waals surface area contributed by atoms with Crippen molar-refractivity contribution < 1.29 is 34.7 Å². The fraction of sp³-hybridized carbons (Fsp3) is 0.842. The first-order chi connectivity index (χ1) is 12.1. The van der Waals surface area contributed by atoms with Crippen LogP contribution in [0.3, 0.4) is 0 Å². The first-order valence-electron chi connectivity index (χ1n) is 9.21. The fourth-order valence-electron chi connectivity index (χ4n) is 4.30. The number of carbonyl (C=O) groups is 1. The lowest BCUT2D eigenvalue weighted by Gasteiger charge is -2.47. The van der Waals surface area contributed by atoms with E-state index in [0.29, 0.717) is 12.8 Å². The molecule has 7 heteroatoms. The second kappa shape index (κ2) is 8.46. The van der Waals surface area contributed by atoms with Gasteiger partial charge in [-0.1, -0.05) is 26.8 Å². The van der Waals surface area contributed by atoms with Crippen LogP contribution in [0.15, 0.2) is 12.2 Å². The molecule has 0 aromatic carbocycles. The number of hydrogen-bond donors (Lipinski definition) is 4. The van der Waals surface area contributed by atoms with Gasteiger partial charge in [0.15, 0.2) is 12.1 Å². The summed E-state index contributed by atoms with van der Waals surface area (Å²) in [6, 6.07) is 0. The Morgan fingerprint density at radius 1 is 1.23 bits per heavy atom. The van der Waals surface area contributed by atoms with Crippen molar-refractivity contribution in [1.82, 2.24) is 0 Å². The largest absolute Gasteiger partial charge is 0.394 e. The van der Waals surface area contributed by atoms with Gasteiger partial charge in [0.25, 0.3) is 0 Å². The van der Waals surface area contributed by atoms with Gasteiger partial charge in [-0.15, -0.1) is 0 Å². The molecule has 2 aliphatic rings. The topological polar surface area (TPSA) is 116 Å². The highest BCUT2D eigenvalue weighted by Gasteiger charge is 2.47. The van der Waals surface area contributed by atoms with Gasteiger partial charge in [-0.3, -0.25) is 4.79 Å². The Bertz CT molecular complexity index is 516. The zero-order valence-corrected chi connectivity index (χ0v) is 15.9. The molecule has 150 valence electrons. The van der Waals surface area contributed by atoms with Crippen molar-refractivity contribution in [2.45, 2.75) is 77.3 Å². The van der Waals surface area contributed by atoms with E-state index >= 15 is 0 Å². The summed E-state index contributed by atoms with van der Waals surface area (Å²) in [4.78, 5) is 11.3. The summed E-state index contributed by atoms with van der Waals surface area (Å²) < 4.78 is 11.4. The number of hydrogen-bond acceptors (Lipinski definition) is 7. The zero-order chi connectivity index (χ0) is 19.6. The lowest BCUT2D eigenvalue weighted by molar-refractivity contribution is -0.316. The third-order valence-corrected chi connectivity index (χ3v) is 5.62. The van der Waals surface area contributed by atoms with Crippen LogP contribution in [0.25, 0.3) is 0 Å². The number of ketones is 1. The SMILES string of the molecule is CC(=O)/C=C/[C@@H]1[C@@H](C)C[C@@H](O[C@@H]2O[C@H](CO)[C@@H](O)[C@H](O)[C@H]2O)CC1(C)C. The predicted octanol–water partition coefficient (Wildman–Crippen LogP) is 0.389. The molecule has 1 aliphatic heterocycles. The van der Waals surface area contributed by atoms with Crippen LogP contribution >= 0.6 is 0 Å². The zero-order valence-electron chi connectivity index (χ0n) is 15.9. The lowest BCUT2D eigenvalue weighted by Crippen LogP contribution is -2.60. The Morgan fingerprint density at radius 3 is 2.42 bits per heavy atom. The molecule has 1 heterocycles. The molecule has 0 amide bonds. The van der Waals surface area contributed by atoms with Crippen LogP contribution in [-0.4, -0.2) is 69.6 Å². The van der Waals surface area contributed by atoms with Crippen LogP contribution in [0.1, 0.15) is 40.5 Å². The van der Waals surface area contributed by atoms with Crippen molar-refractivity contribution >= 4 is 5.78 Å². The van der Waals surface area contributed by atoms with Gasteiger partial charge >= 0.3 is 0 Å². The van der Waals surface area contributed by atoms with Crippen molar-refractivity contribution in [2.75, 3.05) is 6.61 Å². The first kappa shape index (κ1) is 21.5. The Kier molecular flexibility index (Phi) is 6.98. The van der Waals surface area contributed by atoms with E-state index in [-0.39, 0.29) is 29.1 Å². The molecule has 1 aliphatic carbocycles. The molecular weight excluding hydrogens is 340 g/mol. The van der Waals surface area contributed by atoms with Crippen LogP contribution in [0, 0.1) is 17.3 Å². The van der Waals surface area contributed by atoms with Crippen molar-refractivity contribution in [3.63, 3.8) is 0 Å². The summed E-state index contributed by atoms with van der Waals surface area (Å²) in [5.41, 5.74) is -0.123. The van der Waals surface area contributed by atoms with E-state index in [2.05, 4.69) is 20.8 Å². The highest BCUT2D eigenvalue weighted by Crippen LogP contribution is 2.46. The molecule has 0 aromatic heterocycles. The predicted molar refractivity (Wildman–Crippen MR) is 94.1 cm³/mol. The Balaban J connectivity index is 2.06. The van der Waals surface area contributed by atoms with Gasteiger partial charge in [0.1, 0.15) is 24.4 Å². The van der Waals surface area contributed by atoms with Crippen molar-refractivity contribution in [3.05, 3.63) is 12.2 Å². The van der Waals surface area contributed by atoms with E-state index in [1.807, 2.05) is 6.08 Å². The molecule has 2 fully saturated rings. The van der Waals surface area contributed by atoms with Crippen molar-refractivity contribution in [3.8, 4) is 0 Å². The third-order valence-electron chi connectivity index (χ3n) is 5.62. The maximum atomic E-state index is 11.3.